The van der Waals surface area contributed by atoms with E-state index in [0.29, 0.717) is 39.2 Å². The molecule has 1 aliphatic heterocycles. The maximum absolute atomic E-state index is 13.4. The van der Waals surface area contributed by atoms with E-state index in [0.717, 1.165) is 18.6 Å². The highest BCUT2D eigenvalue weighted by atomic mass is 32.2. The first-order valence-corrected chi connectivity index (χ1v) is 12.3. The summed E-state index contributed by atoms with van der Waals surface area (Å²) in [7, 11) is 0. The first-order chi connectivity index (χ1) is 17.0. The molecule has 178 valence electrons. The van der Waals surface area contributed by atoms with Crippen molar-refractivity contribution in [1.29, 1.82) is 0 Å². The van der Waals surface area contributed by atoms with Gasteiger partial charge in [-0.25, -0.2) is 14.3 Å². The van der Waals surface area contributed by atoms with Crippen molar-refractivity contribution in [3.8, 4) is 28.5 Å². The molecule has 1 unspecified atom stereocenters. The monoisotopic (exact) mass is 490 g/mol. The Morgan fingerprint density at radius 1 is 1.17 bits per heavy atom. The zero-order chi connectivity index (χ0) is 24.5. The highest BCUT2D eigenvalue weighted by Gasteiger charge is 2.45. The molecule has 7 nitrogen and oxygen atoms in total. The third-order valence-electron chi connectivity index (χ3n) is 5.80. The molecule has 3 heterocycles. The normalized spacial score (nSPS) is 14.5. The molecule has 1 atom stereocenters. The van der Waals surface area contributed by atoms with Crippen LogP contribution in [-0.2, 0) is 4.79 Å². The Kier molecular flexibility index (Phi) is 6.25. The molecular formula is C26H23FN4O3S. The van der Waals surface area contributed by atoms with Crippen molar-refractivity contribution in [2.75, 3.05) is 10.7 Å². The molecule has 4 aromatic rings. The minimum absolute atomic E-state index is 0.230. The van der Waals surface area contributed by atoms with E-state index in [1.165, 1.54) is 30.8 Å². The molecule has 0 bridgehead atoms. The van der Waals surface area contributed by atoms with Gasteiger partial charge in [-0.2, -0.15) is 0 Å². The van der Waals surface area contributed by atoms with Crippen molar-refractivity contribution in [3.05, 3.63) is 72.2 Å². The van der Waals surface area contributed by atoms with Gasteiger partial charge in [0.2, 0.25) is 5.91 Å². The standard InChI is InChI=1S/C26H23FN4O3S/c1-3-4-15-35-26-28-24(33)23-19-7-5-6-8-20(19)30(16(2)32)25(31(23)29-26)22-14-13-21(34-22)17-9-11-18(27)12-10-17/h5-14,25H,3-4,15H2,1-2H3. The second kappa shape index (κ2) is 9.50. The molecule has 2 aromatic heterocycles. The van der Waals surface area contributed by atoms with Gasteiger partial charge in [0.1, 0.15) is 11.6 Å². The van der Waals surface area contributed by atoms with Gasteiger partial charge < -0.3 is 9.52 Å². The lowest BCUT2D eigenvalue weighted by Crippen LogP contribution is -2.58. The van der Waals surface area contributed by atoms with E-state index in [-0.39, 0.29) is 11.7 Å². The highest BCUT2D eigenvalue weighted by molar-refractivity contribution is 7.99. The molecule has 9 heteroatoms. The van der Waals surface area contributed by atoms with Crippen LogP contribution in [-0.4, -0.2) is 21.7 Å². The molecule has 1 aliphatic rings. The third-order valence-corrected chi connectivity index (χ3v) is 6.72. The van der Waals surface area contributed by atoms with Gasteiger partial charge in [-0.3, -0.25) is 4.79 Å². The van der Waals surface area contributed by atoms with Gasteiger partial charge in [-0.15, -0.1) is 0 Å². The van der Waals surface area contributed by atoms with Gasteiger partial charge in [0, 0.05) is 23.3 Å². The third kappa shape index (κ3) is 4.27. The summed E-state index contributed by atoms with van der Waals surface area (Å²) in [6.45, 7) is 3.56. The van der Waals surface area contributed by atoms with Gasteiger partial charge in [-0.05, 0) is 59.6 Å². The van der Waals surface area contributed by atoms with E-state index < -0.39 is 12.0 Å². The Morgan fingerprint density at radius 3 is 2.69 bits per heavy atom. The number of furan rings is 1. The van der Waals surface area contributed by atoms with E-state index >= 15 is 0 Å². The van der Waals surface area contributed by atoms with E-state index in [1.807, 2.05) is 12.1 Å². The molecule has 0 spiro atoms. The number of benzene rings is 2. The average molecular weight is 491 g/mol. The Hall–Kier alpha value is -3.72. The first-order valence-electron chi connectivity index (χ1n) is 11.4. The molecule has 2 aromatic carbocycles. The maximum atomic E-state index is 13.4. The number of rotatable bonds is 6. The number of aromatic nitrogens is 3. The fourth-order valence-electron chi connectivity index (χ4n) is 4.16. The number of anilines is 1. The Morgan fingerprint density at radius 2 is 1.94 bits per heavy atom. The number of halogens is 1. The number of thioether (sulfide) groups is 1. The summed E-state index contributed by atoms with van der Waals surface area (Å²) >= 11 is 1.41. The van der Waals surface area contributed by atoms with Crippen LogP contribution in [0.3, 0.4) is 0 Å². The molecule has 0 radical (unpaired) electrons. The molecule has 1 amide bonds. The van der Waals surface area contributed by atoms with Crippen molar-refractivity contribution < 1.29 is 23.4 Å². The summed E-state index contributed by atoms with van der Waals surface area (Å²) in [6, 6.07) is 16.7. The summed E-state index contributed by atoms with van der Waals surface area (Å²) in [6.07, 6.45) is 1.16. The van der Waals surface area contributed by atoms with E-state index in [1.54, 1.807) is 46.0 Å². The van der Waals surface area contributed by atoms with E-state index in [2.05, 4.69) is 11.9 Å². The van der Waals surface area contributed by atoms with Gasteiger partial charge in [0.15, 0.2) is 5.76 Å². The summed E-state index contributed by atoms with van der Waals surface area (Å²) < 4.78 is 21.1. The quantitative estimate of drug-likeness (QED) is 0.221. The maximum Gasteiger partial charge on any atom is 0.325 e. The number of carbonyl (C=O) groups is 1. The van der Waals surface area contributed by atoms with Crippen LogP contribution in [0.15, 0.2) is 70.2 Å². The minimum Gasteiger partial charge on any atom is -0.854 e. The minimum atomic E-state index is -0.826. The first kappa shape index (κ1) is 23.0. The molecule has 0 aliphatic carbocycles. The van der Waals surface area contributed by atoms with Crippen molar-refractivity contribution in [2.24, 2.45) is 0 Å². The van der Waals surface area contributed by atoms with Gasteiger partial charge >= 0.3 is 6.17 Å². The van der Waals surface area contributed by atoms with Crippen LogP contribution in [0.5, 0.6) is 5.88 Å². The number of nitrogens with zero attached hydrogens (tertiary/aromatic N) is 4. The number of carbonyl (C=O) groups excluding carboxylic acids is 1. The fourth-order valence-corrected chi connectivity index (χ4v) is 5.07. The molecule has 0 saturated heterocycles. The Balaban J connectivity index is 1.68. The van der Waals surface area contributed by atoms with Crippen LogP contribution in [0, 0.1) is 5.82 Å². The molecule has 35 heavy (non-hydrogen) atoms. The second-order valence-corrected chi connectivity index (χ2v) is 9.25. The van der Waals surface area contributed by atoms with Crippen molar-refractivity contribution in [3.63, 3.8) is 0 Å². The average Bonchev–Trinajstić information content (AvgIpc) is 3.33. The smallest absolute Gasteiger partial charge is 0.325 e. The summed E-state index contributed by atoms with van der Waals surface area (Å²) in [4.78, 5) is 18.7. The Labute approximate surface area is 206 Å². The second-order valence-electron chi connectivity index (χ2n) is 8.18. The number of unbranched alkanes of at least 4 members (excludes halogenated alkanes) is 1. The van der Waals surface area contributed by atoms with Gasteiger partial charge in [0.25, 0.3) is 10.9 Å². The fraction of sp³-hybridized carbons (Fsp3) is 0.231. The topological polar surface area (TPSA) is 86.2 Å². The SMILES string of the molecule is CCCCSc1nc([O-])c2[n+](n1)C(c1ccc(-c3ccc(F)cc3)o1)N(C(C)=O)c1ccccc1-2. The van der Waals surface area contributed by atoms with Gasteiger partial charge in [-0.1, -0.05) is 37.2 Å². The Bertz CT molecular complexity index is 1390. The largest absolute Gasteiger partial charge is 0.854 e. The lowest BCUT2D eigenvalue weighted by atomic mass is 10.0. The van der Waals surface area contributed by atoms with E-state index in [9.17, 15) is 14.3 Å². The van der Waals surface area contributed by atoms with Crippen molar-refractivity contribution in [2.45, 2.75) is 38.0 Å². The van der Waals surface area contributed by atoms with Crippen LogP contribution in [0.1, 0.15) is 38.6 Å². The zero-order valence-corrected chi connectivity index (χ0v) is 20.1. The van der Waals surface area contributed by atoms with Crippen LogP contribution in [0.2, 0.25) is 0 Å². The summed E-state index contributed by atoms with van der Waals surface area (Å²) in [5, 5.41) is 18.3. The van der Waals surface area contributed by atoms with Crippen LogP contribution in [0.25, 0.3) is 22.6 Å². The lowest BCUT2D eigenvalue weighted by molar-refractivity contribution is -0.765. The number of para-hydroxylation sites is 1. The van der Waals surface area contributed by atoms with E-state index in [4.69, 9.17) is 9.52 Å². The summed E-state index contributed by atoms with van der Waals surface area (Å²) in [5.41, 5.74) is 2.15. The van der Waals surface area contributed by atoms with Crippen LogP contribution < -0.4 is 14.7 Å². The molecular weight excluding hydrogens is 467 g/mol. The number of fused-ring (bicyclic) bond motifs is 3. The molecule has 0 saturated carbocycles. The lowest BCUT2D eigenvalue weighted by Gasteiger charge is -2.31. The van der Waals surface area contributed by atoms with Crippen molar-refractivity contribution in [1.82, 2.24) is 10.1 Å². The predicted molar refractivity (Wildman–Crippen MR) is 128 cm³/mol. The number of hydrogen-bond donors (Lipinski definition) is 0. The summed E-state index contributed by atoms with van der Waals surface area (Å²) in [5.74, 6) is 0.727. The molecule has 0 fully saturated rings. The molecule has 0 N–H and O–H groups in total. The van der Waals surface area contributed by atoms with Crippen LogP contribution >= 0.6 is 11.8 Å². The predicted octanol–water partition coefficient (Wildman–Crippen LogP) is 4.71. The zero-order valence-electron chi connectivity index (χ0n) is 19.3. The number of hydrogen-bond acceptors (Lipinski definition) is 6. The van der Waals surface area contributed by atoms with Crippen molar-refractivity contribution >= 4 is 23.4 Å². The van der Waals surface area contributed by atoms with Gasteiger partial charge in [0.05, 0.1) is 17.1 Å². The molecule has 5 rings (SSSR count). The highest BCUT2D eigenvalue weighted by Crippen LogP contribution is 2.41. The van der Waals surface area contributed by atoms with Crippen LogP contribution in [0.4, 0.5) is 10.1 Å². The number of amides is 1.